The third kappa shape index (κ3) is 4.85. The Hall–Kier alpha value is -4.95. The third-order valence-corrected chi connectivity index (χ3v) is 5.22. The quantitative estimate of drug-likeness (QED) is 0.110. The molecule has 0 aliphatic heterocycles. The second-order valence-corrected chi connectivity index (χ2v) is 7.50. The molecule has 1 N–H and O–H groups in total. The highest BCUT2D eigenvalue weighted by Crippen LogP contribution is 2.36. The molecule has 0 aliphatic rings. The van der Waals surface area contributed by atoms with Crippen molar-refractivity contribution >= 4 is 28.3 Å². The van der Waals surface area contributed by atoms with E-state index in [9.17, 15) is 40.3 Å². The van der Waals surface area contributed by atoms with Crippen LogP contribution in [0.1, 0.15) is 10.4 Å². The van der Waals surface area contributed by atoms with Crippen molar-refractivity contribution in [2.45, 2.75) is 0 Å². The second-order valence-electron chi connectivity index (χ2n) is 7.50. The van der Waals surface area contributed by atoms with Gasteiger partial charge >= 0.3 is 0 Å². The van der Waals surface area contributed by atoms with E-state index in [0.717, 1.165) is 11.6 Å². The Morgan fingerprint density at radius 3 is 1.85 bits per heavy atom. The highest BCUT2D eigenvalue weighted by Gasteiger charge is 2.31. The van der Waals surface area contributed by atoms with Crippen LogP contribution in [-0.4, -0.2) is 35.9 Å². The van der Waals surface area contributed by atoms with Gasteiger partial charge in [0.1, 0.15) is 29.4 Å². The van der Waals surface area contributed by atoms with E-state index in [1.165, 1.54) is 26.4 Å². The molecule has 3 aromatic carbocycles. The smallest absolute Gasteiger partial charge is 0.297 e. The Labute approximate surface area is 212 Å². The first-order valence-electron chi connectivity index (χ1n) is 10.4. The van der Waals surface area contributed by atoms with Crippen molar-refractivity contribution in [1.29, 1.82) is 0 Å². The summed E-state index contributed by atoms with van der Waals surface area (Å²) in [6.07, 6.45) is 1.08. The Morgan fingerprint density at radius 1 is 0.744 bits per heavy atom. The fourth-order valence-electron chi connectivity index (χ4n) is 3.38. The van der Waals surface area contributed by atoms with Crippen LogP contribution in [0.25, 0.3) is 10.9 Å². The van der Waals surface area contributed by atoms with Gasteiger partial charge in [-0.1, -0.05) is 0 Å². The number of aromatic nitrogens is 2. The lowest BCUT2D eigenvalue weighted by molar-refractivity contribution is -0.112. The molecule has 1 heterocycles. The van der Waals surface area contributed by atoms with Gasteiger partial charge in [-0.05, 0) is 6.07 Å². The van der Waals surface area contributed by atoms with E-state index in [2.05, 4.69) is 9.97 Å². The number of amides is 1. The van der Waals surface area contributed by atoms with Crippen molar-refractivity contribution < 1.29 is 54.5 Å². The highest BCUT2D eigenvalue weighted by molar-refractivity contribution is 6.46. The maximum absolute atomic E-state index is 14.7. The molecule has 202 valence electrons. The number of anilines is 1. The molecule has 0 fully saturated rings. The molecule has 8 nitrogen and oxygen atoms in total. The van der Waals surface area contributed by atoms with Crippen LogP contribution in [0.4, 0.5) is 36.4 Å². The van der Waals surface area contributed by atoms with Crippen molar-refractivity contribution in [3.63, 3.8) is 0 Å². The molecule has 0 saturated heterocycles. The SMILES string of the molecule is COc1cc2ncnc(Oc3cc(F)c(C(=O)C(=O)Nc4c(F)c(F)c(F)c(F)c4F)c(F)c3)c2cc1OC. The zero-order chi connectivity index (χ0) is 28.6. The van der Waals surface area contributed by atoms with Crippen molar-refractivity contribution in [3.8, 4) is 23.1 Å². The van der Waals surface area contributed by atoms with E-state index < -0.39 is 69.4 Å². The first-order valence-corrected chi connectivity index (χ1v) is 10.4. The number of nitrogens with one attached hydrogen (secondary N) is 1. The minimum absolute atomic E-state index is 0.192. The van der Waals surface area contributed by atoms with Gasteiger partial charge in [0.25, 0.3) is 11.7 Å². The van der Waals surface area contributed by atoms with Gasteiger partial charge in [0, 0.05) is 18.2 Å². The molecular weight excluding hydrogens is 543 g/mol. The largest absolute Gasteiger partial charge is 0.493 e. The van der Waals surface area contributed by atoms with Gasteiger partial charge in [-0.15, -0.1) is 0 Å². The Kier molecular flexibility index (Phi) is 7.25. The predicted octanol–water partition coefficient (Wildman–Crippen LogP) is 5.23. The summed E-state index contributed by atoms with van der Waals surface area (Å²) in [7, 11) is 2.75. The van der Waals surface area contributed by atoms with E-state index in [0.29, 0.717) is 23.4 Å². The average molecular weight is 555 g/mol. The van der Waals surface area contributed by atoms with Crippen molar-refractivity contribution in [2.24, 2.45) is 0 Å². The lowest BCUT2D eigenvalue weighted by Gasteiger charge is -2.12. The maximum atomic E-state index is 14.7. The number of benzene rings is 3. The number of halogens is 7. The lowest BCUT2D eigenvalue weighted by atomic mass is 10.1. The summed E-state index contributed by atoms with van der Waals surface area (Å²) in [6, 6.07) is 3.90. The van der Waals surface area contributed by atoms with E-state index >= 15 is 0 Å². The second kappa shape index (κ2) is 10.4. The van der Waals surface area contributed by atoms with E-state index in [4.69, 9.17) is 14.2 Å². The summed E-state index contributed by atoms with van der Waals surface area (Å²) in [5.41, 5.74) is -3.08. The van der Waals surface area contributed by atoms with E-state index in [1.54, 1.807) is 0 Å². The molecule has 15 heteroatoms. The number of hydrogen-bond acceptors (Lipinski definition) is 7. The summed E-state index contributed by atoms with van der Waals surface area (Å²) >= 11 is 0. The van der Waals surface area contributed by atoms with Crippen LogP contribution in [-0.2, 0) is 4.79 Å². The minimum atomic E-state index is -2.52. The van der Waals surface area contributed by atoms with E-state index in [1.807, 2.05) is 0 Å². The molecular formula is C24H12F7N3O5. The first-order chi connectivity index (χ1) is 18.5. The van der Waals surface area contributed by atoms with Gasteiger partial charge in [0.15, 0.2) is 34.8 Å². The van der Waals surface area contributed by atoms with Crippen LogP contribution in [0.2, 0.25) is 0 Å². The first kappa shape index (κ1) is 27.1. The Bertz CT molecular complexity index is 1610. The highest BCUT2D eigenvalue weighted by atomic mass is 19.2. The summed E-state index contributed by atoms with van der Waals surface area (Å²) in [6.45, 7) is 0. The third-order valence-electron chi connectivity index (χ3n) is 5.22. The number of carbonyl (C=O) groups excluding carboxylic acids is 2. The summed E-state index contributed by atoms with van der Waals surface area (Å²) in [4.78, 5) is 32.4. The minimum Gasteiger partial charge on any atom is -0.493 e. The standard InChI is InChI=1S/C24H12F7N3O5/c1-37-13-5-9-12(6-14(13)38-2)32-7-33-24(9)39-8-3-10(25)15(11(26)4-8)22(35)23(36)34-21-19(30)17(28)16(27)18(29)20(21)31/h3-7H,1-2H3,(H,34,36). The van der Waals surface area contributed by atoms with Gasteiger partial charge in [-0.2, -0.15) is 0 Å². The number of methoxy groups -OCH3 is 2. The Balaban J connectivity index is 1.64. The number of nitrogens with zero attached hydrogens (tertiary/aromatic N) is 2. The molecule has 0 aliphatic carbocycles. The zero-order valence-corrected chi connectivity index (χ0v) is 19.5. The van der Waals surface area contributed by atoms with Crippen LogP contribution >= 0.6 is 0 Å². The number of Topliss-reactive ketones (excluding diaryl/α,β-unsaturated/α-hetero) is 1. The molecule has 4 aromatic rings. The van der Waals surface area contributed by atoms with Crippen LogP contribution < -0.4 is 19.5 Å². The summed E-state index contributed by atoms with van der Waals surface area (Å²) in [5.74, 6) is -19.9. The summed E-state index contributed by atoms with van der Waals surface area (Å²) in [5, 5.41) is 1.38. The molecule has 0 atom stereocenters. The number of carbonyl (C=O) groups is 2. The topological polar surface area (TPSA) is 99.6 Å². The monoisotopic (exact) mass is 555 g/mol. The molecule has 1 aromatic heterocycles. The fraction of sp³-hybridized carbons (Fsp3) is 0.0833. The average Bonchev–Trinajstić information content (AvgIpc) is 2.92. The molecule has 39 heavy (non-hydrogen) atoms. The van der Waals surface area contributed by atoms with Crippen LogP contribution in [0.15, 0.2) is 30.6 Å². The number of ketones is 1. The number of rotatable bonds is 7. The molecule has 0 unspecified atom stereocenters. The summed E-state index contributed by atoms with van der Waals surface area (Å²) < 4.78 is 113. The molecule has 0 saturated carbocycles. The number of hydrogen-bond donors (Lipinski definition) is 1. The number of fused-ring (bicyclic) bond motifs is 1. The molecule has 4 rings (SSSR count). The van der Waals surface area contributed by atoms with E-state index in [-0.39, 0.29) is 17.0 Å². The lowest BCUT2D eigenvalue weighted by Crippen LogP contribution is -2.26. The van der Waals surface area contributed by atoms with Gasteiger partial charge < -0.3 is 19.5 Å². The van der Waals surface area contributed by atoms with Crippen LogP contribution in [0, 0.1) is 40.7 Å². The van der Waals surface area contributed by atoms with Crippen molar-refractivity contribution in [1.82, 2.24) is 9.97 Å². The van der Waals surface area contributed by atoms with Crippen molar-refractivity contribution in [2.75, 3.05) is 19.5 Å². The fourth-order valence-corrected chi connectivity index (χ4v) is 3.38. The van der Waals surface area contributed by atoms with Crippen LogP contribution in [0.3, 0.4) is 0 Å². The number of ether oxygens (including phenoxy) is 3. The zero-order valence-electron chi connectivity index (χ0n) is 19.5. The molecule has 0 bridgehead atoms. The molecule has 0 spiro atoms. The van der Waals surface area contributed by atoms with Gasteiger partial charge in [0.05, 0.1) is 30.7 Å². The molecule has 0 radical (unpaired) electrons. The predicted molar refractivity (Wildman–Crippen MR) is 118 cm³/mol. The van der Waals surface area contributed by atoms with Gasteiger partial charge in [0.2, 0.25) is 11.7 Å². The van der Waals surface area contributed by atoms with Crippen molar-refractivity contribution in [3.05, 3.63) is 76.9 Å². The normalized spacial score (nSPS) is 10.9. The Morgan fingerprint density at radius 2 is 1.28 bits per heavy atom. The van der Waals surface area contributed by atoms with Gasteiger partial charge in [-0.3, -0.25) is 9.59 Å². The van der Waals surface area contributed by atoms with Crippen LogP contribution in [0.5, 0.6) is 23.1 Å². The molecule has 1 amide bonds. The van der Waals surface area contributed by atoms with Gasteiger partial charge in [-0.25, -0.2) is 40.7 Å². The maximum Gasteiger partial charge on any atom is 0.297 e.